The predicted octanol–water partition coefficient (Wildman–Crippen LogP) is 1.93. The summed E-state index contributed by atoms with van der Waals surface area (Å²) in [4.78, 5) is 12.3. The van der Waals surface area contributed by atoms with Crippen molar-refractivity contribution >= 4 is 17.1 Å². The van der Waals surface area contributed by atoms with Crippen LogP contribution in [0, 0.1) is 0 Å². The van der Waals surface area contributed by atoms with Crippen LogP contribution in [-0.4, -0.2) is 27.7 Å². The first-order valence-electron chi connectivity index (χ1n) is 6.83. The van der Waals surface area contributed by atoms with Gasteiger partial charge in [-0.15, -0.1) is 0 Å². The number of hydrogen-bond acceptors (Lipinski definition) is 3. The van der Waals surface area contributed by atoms with Crippen LogP contribution >= 0.6 is 0 Å². The van der Waals surface area contributed by atoms with E-state index in [0.717, 1.165) is 12.8 Å². The van der Waals surface area contributed by atoms with Gasteiger partial charge in [-0.25, -0.2) is 8.91 Å². The summed E-state index contributed by atoms with van der Waals surface area (Å²) in [6.07, 6.45) is 5.27. The molecule has 1 fully saturated rings. The van der Waals surface area contributed by atoms with Crippen LogP contribution in [0.4, 0.5) is 10.1 Å². The molecule has 0 saturated heterocycles. The number of pyridine rings is 1. The summed E-state index contributed by atoms with van der Waals surface area (Å²) in [6.45, 7) is 0. The molecule has 0 bridgehead atoms. The smallest absolute Gasteiger partial charge is 0.255 e. The first-order chi connectivity index (χ1) is 9.65. The Morgan fingerprint density at radius 2 is 2.25 bits per heavy atom. The maximum atomic E-state index is 13.8. The molecule has 0 aromatic carbocycles. The van der Waals surface area contributed by atoms with Crippen LogP contribution in [0.15, 0.2) is 24.5 Å². The summed E-state index contributed by atoms with van der Waals surface area (Å²) < 4.78 is 15.4. The maximum Gasteiger partial charge on any atom is 0.255 e. The van der Waals surface area contributed by atoms with Crippen LogP contribution in [-0.2, 0) is 0 Å². The van der Waals surface area contributed by atoms with E-state index in [-0.39, 0.29) is 5.91 Å². The zero-order valence-corrected chi connectivity index (χ0v) is 11.1. The van der Waals surface area contributed by atoms with Gasteiger partial charge in [0.1, 0.15) is 6.17 Å². The highest BCUT2D eigenvalue weighted by Gasteiger charge is 2.27. The Bertz CT molecular complexity index is 639. The van der Waals surface area contributed by atoms with Crippen molar-refractivity contribution in [2.24, 2.45) is 0 Å². The molecule has 0 spiro atoms. The number of nitrogens with one attached hydrogen (secondary N) is 1. The highest BCUT2D eigenvalue weighted by atomic mass is 19.1. The number of rotatable bonds is 2. The first-order valence-corrected chi connectivity index (χ1v) is 6.83. The SMILES string of the molecule is Nc1ccn2ncc(C(=O)N[C@@H]3CCCC[C@@H]3F)c2c1. The number of fused-ring (bicyclic) bond motifs is 1. The second-order valence-corrected chi connectivity index (χ2v) is 5.23. The summed E-state index contributed by atoms with van der Waals surface area (Å²) in [7, 11) is 0. The minimum absolute atomic E-state index is 0.292. The molecule has 3 N–H and O–H groups in total. The lowest BCUT2D eigenvalue weighted by molar-refractivity contribution is 0.0885. The highest BCUT2D eigenvalue weighted by Crippen LogP contribution is 2.22. The van der Waals surface area contributed by atoms with Gasteiger partial charge >= 0.3 is 0 Å². The van der Waals surface area contributed by atoms with Gasteiger partial charge in [-0.1, -0.05) is 12.8 Å². The molecular formula is C14H17FN4O. The van der Waals surface area contributed by atoms with Gasteiger partial charge in [0.2, 0.25) is 0 Å². The molecule has 1 saturated carbocycles. The van der Waals surface area contributed by atoms with E-state index in [1.54, 1.807) is 22.8 Å². The molecule has 6 heteroatoms. The lowest BCUT2D eigenvalue weighted by atomic mass is 9.93. The van der Waals surface area contributed by atoms with E-state index >= 15 is 0 Å². The van der Waals surface area contributed by atoms with Crippen LogP contribution in [0.3, 0.4) is 0 Å². The largest absolute Gasteiger partial charge is 0.399 e. The third kappa shape index (κ3) is 2.33. The number of anilines is 1. The molecule has 5 nitrogen and oxygen atoms in total. The van der Waals surface area contributed by atoms with Crippen molar-refractivity contribution in [3.8, 4) is 0 Å². The van der Waals surface area contributed by atoms with Crippen LogP contribution in [0.5, 0.6) is 0 Å². The minimum atomic E-state index is -0.959. The van der Waals surface area contributed by atoms with Gasteiger partial charge in [-0.05, 0) is 25.0 Å². The topological polar surface area (TPSA) is 72.4 Å². The zero-order chi connectivity index (χ0) is 14.1. The number of amides is 1. The Hall–Kier alpha value is -2.11. The Balaban J connectivity index is 1.83. The molecule has 1 amide bonds. The molecule has 3 rings (SSSR count). The molecule has 2 aromatic heterocycles. The van der Waals surface area contributed by atoms with Crippen molar-refractivity contribution < 1.29 is 9.18 Å². The Morgan fingerprint density at radius 3 is 3.05 bits per heavy atom. The van der Waals surface area contributed by atoms with E-state index in [1.807, 2.05) is 0 Å². The molecule has 2 atom stereocenters. The Morgan fingerprint density at radius 1 is 1.45 bits per heavy atom. The summed E-state index contributed by atoms with van der Waals surface area (Å²) in [5.41, 5.74) is 7.35. The molecule has 20 heavy (non-hydrogen) atoms. The lowest BCUT2D eigenvalue weighted by Gasteiger charge is -2.26. The fraction of sp³-hybridized carbons (Fsp3) is 0.429. The fourth-order valence-electron chi connectivity index (χ4n) is 2.67. The van der Waals surface area contributed by atoms with E-state index in [0.29, 0.717) is 29.6 Å². The number of aromatic nitrogens is 2. The highest BCUT2D eigenvalue weighted by molar-refractivity contribution is 6.01. The van der Waals surface area contributed by atoms with Gasteiger partial charge in [0.15, 0.2) is 0 Å². The predicted molar refractivity (Wildman–Crippen MR) is 74.2 cm³/mol. The van der Waals surface area contributed by atoms with Gasteiger partial charge in [-0.3, -0.25) is 4.79 Å². The maximum absolute atomic E-state index is 13.8. The van der Waals surface area contributed by atoms with Crippen LogP contribution in [0.2, 0.25) is 0 Å². The minimum Gasteiger partial charge on any atom is -0.399 e. The average molecular weight is 276 g/mol. The van der Waals surface area contributed by atoms with Crippen LogP contribution < -0.4 is 11.1 Å². The van der Waals surface area contributed by atoms with Crippen LogP contribution in [0.1, 0.15) is 36.0 Å². The molecule has 1 aliphatic rings. The van der Waals surface area contributed by atoms with Crippen molar-refractivity contribution in [1.29, 1.82) is 0 Å². The second kappa shape index (κ2) is 5.11. The van der Waals surface area contributed by atoms with E-state index in [4.69, 9.17) is 5.73 Å². The van der Waals surface area contributed by atoms with Gasteiger partial charge in [0.05, 0.1) is 23.3 Å². The van der Waals surface area contributed by atoms with Crippen molar-refractivity contribution in [1.82, 2.24) is 14.9 Å². The monoisotopic (exact) mass is 276 g/mol. The molecule has 2 aromatic rings. The number of nitrogens with zero attached hydrogens (tertiary/aromatic N) is 2. The molecule has 0 radical (unpaired) electrons. The van der Waals surface area contributed by atoms with E-state index in [1.165, 1.54) is 6.20 Å². The average Bonchev–Trinajstić information content (AvgIpc) is 2.84. The molecular weight excluding hydrogens is 259 g/mol. The number of nitrogen functional groups attached to an aromatic ring is 1. The van der Waals surface area contributed by atoms with E-state index < -0.39 is 12.2 Å². The molecule has 0 aliphatic heterocycles. The number of carbonyl (C=O) groups is 1. The third-order valence-electron chi connectivity index (χ3n) is 3.79. The van der Waals surface area contributed by atoms with Crippen molar-refractivity contribution in [3.05, 3.63) is 30.1 Å². The Labute approximate surface area is 116 Å². The zero-order valence-electron chi connectivity index (χ0n) is 11.1. The van der Waals surface area contributed by atoms with Crippen molar-refractivity contribution in [3.63, 3.8) is 0 Å². The summed E-state index contributed by atoms with van der Waals surface area (Å²) in [5.74, 6) is -0.292. The van der Waals surface area contributed by atoms with Gasteiger partial charge in [-0.2, -0.15) is 5.10 Å². The second-order valence-electron chi connectivity index (χ2n) is 5.23. The lowest BCUT2D eigenvalue weighted by Crippen LogP contribution is -2.43. The summed E-state index contributed by atoms with van der Waals surface area (Å²) in [5, 5.41) is 6.87. The molecule has 2 heterocycles. The van der Waals surface area contributed by atoms with Crippen LogP contribution in [0.25, 0.3) is 5.52 Å². The van der Waals surface area contributed by atoms with E-state index in [9.17, 15) is 9.18 Å². The van der Waals surface area contributed by atoms with Gasteiger partial charge in [0, 0.05) is 11.9 Å². The molecule has 0 unspecified atom stereocenters. The van der Waals surface area contributed by atoms with Gasteiger partial charge < -0.3 is 11.1 Å². The summed E-state index contributed by atoms with van der Waals surface area (Å²) in [6, 6.07) is 3.00. The number of nitrogens with two attached hydrogens (primary N) is 1. The van der Waals surface area contributed by atoms with E-state index in [2.05, 4.69) is 10.4 Å². The molecule has 106 valence electrons. The van der Waals surface area contributed by atoms with Gasteiger partial charge in [0.25, 0.3) is 5.91 Å². The molecule has 1 aliphatic carbocycles. The number of alkyl halides is 1. The number of hydrogen-bond donors (Lipinski definition) is 2. The first kappa shape index (κ1) is 12.9. The number of carbonyl (C=O) groups excluding carboxylic acids is 1. The quantitative estimate of drug-likeness (QED) is 0.880. The third-order valence-corrected chi connectivity index (χ3v) is 3.79. The standard InChI is InChI=1S/C14H17FN4O/c15-11-3-1-2-4-12(11)18-14(20)10-8-17-19-6-5-9(16)7-13(10)19/h5-8,11-12H,1-4,16H2,(H,18,20)/t11-,12+/m0/s1. The summed E-state index contributed by atoms with van der Waals surface area (Å²) >= 11 is 0. The normalized spacial score (nSPS) is 22.9. The Kier molecular flexibility index (Phi) is 3.30. The van der Waals surface area contributed by atoms with Crippen molar-refractivity contribution in [2.45, 2.75) is 37.9 Å². The fourth-order valence-corrected chi connectivity index (χ4v) is 2.67. The van der Waals surface area contributed by atoms with Crippen molar-refractivity contribution in [2.75, 3.05) is 5.73 Å². The number of halogens is 1.